The van der Waals surface area contributed by atoms with Crippen molar-refractivity contribution in [3.05, 3.63) is 46.9 Å². The van der Waals surface area contributed by atoms with Gasteiger partial charge in [-0.15, -0.1) is 0 Å². The predicted molar refractivity (Wildman–Crippen MR) is 107 cm³/mol. The van der Waals surface area contributed by atoms with Crippen LogP contribution in [-0.4, -0.2) is 28.4 Å². The predicted octanol–water partition coefficient (Wildman–Crippen LogP) is 3.45. The van der Waals surface area contributed by atoms with Crippen molar-refractivity contribution in [3.63, 3.8) is 0 Å². The molecular weight excluding hydrogens is 398 g/mol. The third kappa shape index (κ3) is 4.40. The maximum absolute atomic E-state index is 8.96. The molecule has 0 aliphatic heterocycles. The average Bonchev–Trinajstić information content (AvgIpc) is 3.14. The van der Waals surface area contributed by atoms with E-state index in [1.54, 1.807) is 18.2 Å². The van der Waals surface area contributed by atoms with E-state index >= 15 is 0 Å². The van der Waals surface area contributed by atoms with Crippen molar-refractivity contribution in [2.45, 2.75) is 13.8 Å². The minimum Gasteiger partial charge on any atom is -0.397 e. The molecule has 3 aromatic rings. The fourth-order valence-electron chi connectivity index (χ4n) is 2.27. The van der Waals surface area contributed by atoms with E-state index < -0.39 is 0 Å². The summed E-state index contributed by atoms with van der Waals surface area (Å²) < 4.78 is 6.21. The molecule has 0 atom stereocenters. The fourth-order valence-corrected chi connectivity index (χ4v) is 2.72. The molecule has 8 heteroatoms. The van der Waals surface area contributed by atoms with Gasteiger partial charge >= 0.3 is 0 Å². The Morgan fingerprint density at radius 2 is 1.92 bits per heavy atom. The highest BCUT2D eigenvalue weighted by Gasteiger charge is 2.14. The topological polar surface area (TPSA) is 114 Å². The van der Waals surface area contributed by atoms with Crippen LogP contribution in [0.2, 0.25) is 0 Å². The maximum Gasteiger partial charge on any atom is 0.259 e. The number of aromatic nitrogens is 2. The molecule has 138 valence electrons. The molecule has 5 N–H and O–H groups in total. The summed E-state index contributed by atoms with van der Waals surface area (Å²) in [6.45, 7) is 4.23. The number of nitrogens with zero attached hydrogens (tertiary/aromatic N) is 3. The minimum atomic E-state index is -0.0577. The van der Waals surface area contributed by atoms with Gasteiger partial charge in [0.2, 0.25) is 5.82 Å². The number of hydrogen-bond donors (Lipinski definition) is 3. The van der Waals surface area contributed by atoms with Crippen molar-refractivity contribution < 1.29 is 9.63 Å². The molecule has 1 heterocycles. The van der Waals surface area contributed by atoms with E-state index in [4.69, 9.17) is 21.2 Å². The molecule has 1 aromatic heterocycles. The smallest absolute Gasteiger partial charge is 0.259 e. The number of aliphatic hydroxyl groups excluding tert-OH is 1. The monoisotopic (exact) mass is 419 g/mol. The Hall–Kier alpha value is -2.42. The zero-order valence-corrected chi connectivity index (χ0v) is 16.3. The van der Waals surface area contributed by atoms with Crippen LogP contribution in [0.25, 0.3) is 22.8 Å². The molecule has 0 saturated carbocycles. The van der Waals surface area contributed by atoms with Crippen LogP contribution in [0.15, 0.2) is 51.5 Å². The molecule has 0 saturated heterocycles. The van der Waals surface area contributed by atoms with Gasteiger partial charge in [0.05, 0.1) is 30.1 Å². The van der Waals surface area contributed by atoms with Gasteiger partial charge in [-0.2, -0.15) is 4.98 Å². The number of rotatable bonds is 5. The first kappa shape index (κ1) is 19.9. The van der Waals surface area contributed by atoms with Gasteiger partial charge in [-0.3, -0.25) is 0 Å². The Morgan fingerprint density at radius 1 is 1.19 bits per heavy atom. The van der Waals surface area contributed by atoms with Gasteiger partial charge in [0.15, 0.2) is 0 Å². The number of aliphatic hydroxyl groups is 1. The van der Waals surface area contributed by atoms with E-state index in [0.29, 0.717) is 23.1 Å². The standard InChI is InChI=1S/C16H16BrN5O2.C2H6/c17-12-4-2-1-3-11(12)16-20-15(21-24-16)10-5-6-14(13(18)9-10)22(19)7-8-23;1-2/h1-6,9,23H,7-8,18-19H2;1-2H3. The third-order valence-corrected chi connectivity index (χ3v) is 4.16. The van der Waals surface area contributed by atoms with Gasteiger partial charge in [0, 0.05) is 10.0 Å². The van der Waals surface area contributed by atoms with Gasteiger partial charge < -0.3 is 20.4 Å². The highest BCUT2D eigenvalue weighted by Crippen LogP contribution is 2.30. The van der Waals surface area contributed by atoms with Gasteiger partial charge in [-0.1, -0.05) is 31.1 Å². The number of benzene rings is 2. The van der Waals surface area contributed by atoms with Crippen LogP contribution in [0.3, 0.4) is 0 Å². The number of anilines is 2. The number of hydrogen-bond acceptors (Lipinski definition) is 7. The lowest BCUT2D eigenvalue weighted by Gasteiger charge is -2.19. The summed E-state index contributed by atoms with van der Waals surface area (Å²) in [6, 6.07) is 12.9. The molecule has 0 unspecified atom stereocenters. The Kier molecular flexibility index (Phi) is 7.14. The fraction of sp³-hybridized carbons (Fsp3) is 0.222. The molecule has 0 fully saturated rings. The Morgan fingerprint density at radius 3 is 2.58 bits per heavy atom. The first-order chi connectivity index (χ1) is 12.6. The molecule has 0 aliphatic carbocycles. The molecule has 3 rings (SSSR count). The zero-order valence-electron chi connectivity index (χ0n) is 14.7. The number of halogens is 1. The van der Waals surface area contributed by atoms with Crippen molar-refractivity contribution in [2.75, 3.05) is 23.9 Å². The lowest BCUT2D eigenvalue weighted by atomic mass is 10.1. The highest BCUT2D eigenvalue weighted by atomic mass is 79.9. The quantitative estimate of drug-likeness (QED) is 0.329. The third-order valence-electron chi connectivity index (χ3n) is 3.47. The van der Waals surface area contributed by atoms with Crippen molar-refractivity contribution >= 4 is 27.3 Å². The summed E-state index contributed by atoms with van der Waals surface area (Å²) in [5, 5.41) is 14.4. The second-order valence-electron chi connectivity index (χ2n) is 5.09. The number of hydrazine groups is 1. The van der Waals surface area contributed by atoms with Gasteiger partial charge in [0.25, 0.3) is 5.89 Å². The van der Waals surface area contributed by atoms with Crippen LogP contribution in [0.4, 0.5) is 11.4 Å². The van der Waals surface area contributed by atoms with Crippen molar-refractivity contribution in [2.24, 2.45) is 5.84 Å². The molecule has 0 aliphatic rings. The van der Waals surface area contributed by atoms with Crippen LogP contribution >= 0.6 is 15.9 Å². The normalized spacial score (nSPS) is 10.2. The molecular formula is C18H22BrN5O2. The Labute approximate surface area is 160 Å². The SMILES string of the molecule is CC.Nc1cc(-c2noc(-c3ccccc3Br)n2)ccc1N(N)CCO. The van der Waals surface area contributed by atoms with E-state index in [-0.39, 0.29) is 13.2 Å². The summed E-state index contributed by atoms with van der Waals surface area (Å²) in [5.41, 5.74) is 8.67. The maximum atomic E-state index is 8.96. The van der Waals surface area contributed by atoms with Gasteiger partial charge in [-0.05, 0) is 46.3 Å². The van der Waals surface area contributed by atoms with Crippen LogP contribution in [0.5, 0.6) is 0 Å². The average molecular weight is 420 g/mol. The Bertz CT molecular complexity index is 853. The summed E-state index contributed by atoms with van der Waals surface area (Å²) in [5.74, 6) is 6.68. The second kappa shape index (κ2) is 9.33. The molecule has 26 heavy (non-hydrogen) atoms. The first-order valence-electron chi connectivity index (χ1n) is 8.21. The van der Waals surface area contributed by atoms with Crippen molar-refractivity contribution in [1.29, 1.82) is 0 Å². The van der Waals surface area contributed by atoms with E-state index in [1.807, 2.05) is 38.1 Å². The van der Waals surface area contributed by atoms with E-state index in [2.05, 4.69) is 26.1 Å². The summed E-state index contributed by atoms with van der Waals surface area (Å²) in [4.78, 5) is 4.42. The molecule has 7 nitrogen and oxygen atoms in total. The van der Waals surface area contributed by atoms with Gasteiger partial charge in [-0.25, -0.2) is 5.84 Å². The van der Waals surface area contributed by atoms with Crippen molar-refractivity contribution in [3.8, 4) is 22.8 Å². The number of nitrogens with two attached hydrogens (primary N) is 2. The zero-order chi connectivity index (χ0) is 19.1. The number of nitrogen functional groups attached to an aromatic ring is 1. The lowest BCUT2D eigenvalue weighted by Crippen LogP contribution is -2.34. The molecule has 0 spiro atoms. The Balaban J connectivity index is 0.00000117. The second-order valence-corrected chi connectivity index (χ2v) is 5.95. The summed E-state index contributed by atoms with van der Waals surface area (Å²) in [6.07, 6.45) is 0. The molecule has 0 bridgehead atoms. The van der Waals surface area contributed by atoms with Crippen LogP contribution in [0, 0.1) is 0 Å². The van der Waals surface area contributed by atoms with Crippen LogP contribution in [-0.2, 0) is 0 Å². The molecule has 2 aromatic carbocycles. The van der Waals surface area contributed by atoms with Crippen LogP contribution < -0.4 is 16.6 Å². The van der Waals surface area contributed by atoms with Crippen LogP contribution in [0.1, 0.15) is 13.8 Å². The molecule has 0 amide bonds. The van der Waals surface area contributed by atoms with E-state index in [1.165, 1.54) is 5.01 Å². The summed E-state index contributed by atoms with van der Waals surface area (Å²) >= 11 is 3.46. The van der Waals surface area contributed by atoms with E-state index in [9.17, 15) is 0 Å². The summed E-state index contributed by atoms with van der Waals surface area (Å²) in [7, 11) is 0. The lowest BCUT2D eigenvalue weighted by molar-refractivity contribution is 0.302. The first-order valence-corrected chi connectivity index (χ1v) is 9.01. The minimum absolute atomic E-state index is 0.0577. The largest absolute Gasteiger partial charge is 0.397 e. The van der Waals surface area contributed by atoms with Crippen molar-refractivity contribution in [1.82, 2.24) is 10.1 Å². The van der Waals surface area contributed by atoms with E-state index in [0.717, 1.165) is 15.6 Å². The molecule has 0 radical (unpaired) electrons. The highest BCUT2D eigenvalue weighted by molar-refractivity contribution is 9.10. The van der Waals surface area contributed by atoms with Gasteiger partial charge in [0.1, 0.15) is 0 Å².